The van der Waals surface area contributed by atoms with Crippen LogP contribution in [0.4, 0.5) is 0 Å². The molecule has 0 aromatic heterocycles. The lowest BCUT2D eigenvalue weighted by atomic mass is 9.72. The maximum Gasteiger partial charge on any atom is 0.312 e. The molecule has 3 N–H and O–H groups in total. The molecule has 0 amide bonds. The molecule has 0 aliphatic carbocycles. The van der Waals surface area contributed by atoms with Crippen LogP contribution in [0.25, 0.3) is 0 Å². The predicted molar refractivity (Wildman–Crippen MR) is 39.2 cm³/mol. The first-order valence-electron chi connectivity index (χ1n) is 3.68. The summed E-state index contributed by atoms with van der Waals surface area (Å²) in [6.07, 6.45) is 0. The van der Waals surface area contributed by atoms with Crippen molar-refractivity contribution in [3.05, 3.63) is 0 Å². The molecule has 0 aromatic carbocycles. The van der Waals surface area contributed by atoms with E-state index in [0.29, 0.717) is 13.1 Å². The molecule has 4 nitrogen and oxygen atoms in total. The fourth-order valence-corrected chi connectivity index (χ4v) is 1.28. The number of carboxylic acid groups (broad SMARTS) is 1. The van der Waals surface area contributed by atoms with Crippen molar-refractivity contribution in [1.82, 2.24) is 5.32 Å². The highest BCUT2D eigenvalue weighted by atomic mass is 16.4. The minimum absolute atomic E-state index is 0.0615. The summed E-state index contributed by atoms with van der Waals surface area (Å²) in [4.78, 5) is 10.8. The third kappa shape index (κ3) is 1.12. The van der Waals surface area contributed by atoms with Crippen LogP contribution in [0.5, 0.6) is 0 Å². The van der Waals surface area contributed by atoms with Gasteiger partial charge in [-0.2, -0.15) is 0 Å². The van der Waals surface area contributed by atoms with Crippen LogP contribution in [-0.4, -0.2) is 35.9 Å². The minimum Gasteiger partial charge on any atom is -0.481 e. The van der Waals surface area contributed by atoms with Crippen LogP contribution in [0.1, 0.15) is 6.92 Å². The second kappa shape index (κ2) is 2.79. The molecule has 1 heterocycles. The molecule has 0 radical (unpaired) electrons. The monoisotopic (exact) mass is 159 g/mol. The summed E-state index contributed by atoms with van der Waals surface area (Å²) in [7, 11) is 0. The van der Waals surface area contributed by atoms with E-state index in [4.69, 9.17) is 10.2 Å². The summed E-state index contributed by atoms with van der Waals surface area (Å²) in [5.74, 6) is -0.973. The maximum atomic E-state index is 10.8. The number of carboxylic acids is 1. The number of aliphatic hydroxyl groups excluding tert-OH is 1. The zero-order valence-corrected chi connectivity index (χ0v) is 6.50. The van der Waals surface area contributed by atoms with Gasteiger partial charge in [0.25, 0.3) is 0 Å². The van der Waals surface area contributed by atoms with E-state index in [0.717, 1.165) is 0 Å². The normalized spacial score (nSPS) is 23.8. The Bertz CT molecular complexity index is 165. The molecule has 1 rings (SSSR count). The zero-order valence-electron chi connectivity index (χ0n) is 6.50. The lowest BCUT2D eigenvalue weighted by Crippen LogP contribution is -2.62. The Morgan fingerprint density at radius 2 is 2.27 bits per heavy atom. The van der Waals surface area contributed by atoms with Crippen LogP contribution < -0.4 is 5.32 Å². The van der Waals surface area contributed by atoms with E-state index >= 15 is 0 Å². The second-order valence-electron chi connectivity index (χ2n) is 3.15. The van der Waals surface area contributed by atoms with Crippen molar-refractivity contribution in [2.45, 2.75) is 6.92 Å². The van der Waals surface area contributed by atoms with E-state index < -0.39 is 11.4 Å². The van der Waals surface area contributed by atoms with Crippen molar-refractivity contribution < 1.29 is 15.0 Å². The first-order valence-corrected chi connectivity index (χ1v) is 3.68. The number of carbonyl (C=O) groups is 1. The van der Waals surface area contributed by atoms with E-state index in [1.807, 2.05) is 0 Å². The van der Waals surface area contributed by atoms with Crippen LogP contribution in [0, 0.1) is 11.3 Å². The summed E-state index contributed by atoms with van der Waals surface area (Å²) in [6, 6.07) is 0. The Morgan fingerprint density at radius 3 is 2.36 bits per heavy atom. The van der Waals surface area contributed by atoms with E-state index in [1.165, 1.54) is 0 Å². The van der Waals surface area contributed by atoms with Gasteiger partial charge in [-0.15, -0.1) is 0 Å². The topological polar surface area (TPSA) is 69.6 Å². The fraction of sp³-hybridized carbons (Fsp3) is 0.857. The maximum absolute atomic E-state index is 10.8. The van der Waals surface area contributed by atoms with Gasteiger partial charge in [0.1, 0.15) is 0 Å². The van der Waals surface area contributed by atoms with Crippen molar-refractivity contribution in [1.29, 1.82) is 0 Å². The molecule has 4 heteroatoms. The molecule has 64 valence electrons. The summed E-state index contributed by atoms with van der Waals surface area (Å²) in [6.45, 7) is 2.65. The van der Waals surface area contributed by atoms with Gasteiger partial charge in [-0.05, 0) is 5.92 Å². The highest BCUT2D eigenvalue weighted by Gasteiger charge is 2.48. The lowest BCUT2D eigenvalue weighted by Gasteiger charge is -2.42. The Balaban J connectivity index is 2.67. The van der Waals surface area contributed by atoms with Crippen molar-refractivity contribution in [3.8, 4) is 0 Å². The van der Waals surface area contributed by atoms with Gasteiger partial charge in [-0.3, -0.25) is 4.79 Å². The van der Waals surface area contributed by atoms with Crippen LogP contribution in [0.2, 0.25) is 0 Å². The molecular weight excluding hydrogens is 146 g/mol. The third-order valence-electron chi connectivity index (χ3n) is 2.52. The third-order valence-corrected chi connectivity index (χ3v) is 2.52. The summed E-state index contributed by atoms with van der Waals surface area (Å²) < 4.78 is 0. The van der Waals surface area contributed by atoms with Gasteiger partial charge in [0.2, 0.25) is 0 Å². The molecular formula is C7H13NO3. The van der Waals surface area contributed by atoms with Gasteiger partial charge < -0.3 is 15.5 Å². The Hall–Kier alpha value is -0.610. The Morgan fingerprint density at radius 1 is 1.73 bits per heavy atom. The Kier molecular flexibility index (Phi) is 2.15. The summed E-state index contributed by atoms with van der Waals surface area (Å²) >= 11 is 0. The van der Waals surface area contributed by atoms with Crippen molar-refractivity contribution in [3.63, 3.8) is 0 Å². The fourth-order valence-electron chi connectivity index (χ4n) is 1.28. The van der Waals surface area contributed by atoms with E-state index in [1.54, 1.807) is 6.92 Å². The van der Waals surface area contributed by atoms with E-state index in [9.17, 15) is 4.79 Å². The van der Waals surface area contributed by atoms with Crippen LogP contribution in [0.3, 0.4) is 0 Å². The molecule has 0 spiro atoms. The zero-order chi connectivity index (χ0) is 8.48. The summed E-state index contributed by atoms with van der Waals surface area (Å²) in [5, 5.41) is 20.5. The van der Waals surface area contributed by atoms with Gasteiger partial charge >= 0.3 is 5.97 Å². The van der Waals surface area contributed by atoms with Crippen molar-refractivity contribution >= 4 is 5.97 Å². The van der Waals surface area contributed by atoms with E-state index in [-0.39, 0.29) is 12.5 Å². The quantitative estimate of drug-likeness (QED) is 0.508. The van der Waals surface area contributed by atoms with Gasteiger partial charge in [0, 0.05) is 19.7 Å². The highest BCUT2D eigenvalue weighted by molar-refractivity contribution is 5.77. The van der Waals surface area contributed by atoms with Crippen LogP contribution in [-0.2, 0) is 4.79 Å². The molecule has 0 bridgehead atoms. The lowest BCUT2D eigenvalue weighted by molar-refractivity contribution is -0.157. The van der Waals surface area contributed by atoms with Crippen molar-refractivity contribution in [2.75, 3.05) is 19.7 Å². The number of aliphatic carboxylic acids is 1. The van der Waals surface area contributed by atoms with Crippen molar-refractivity contribution in [2.24, 2.45) is 11.3 Å². The molecule has 0 saturated carbocycles. The molecule has 11 heavy (non-hydrogen) atoms. The number of hydrogen-bond acceptors (Lipinski definition) is 3. The molecule has 1 fully saturated rings. The second-order valence-corrected chi connectivity index (χ2v) is 3.15. The van der Waals surface area contributed by atoms with Gasteiger partial charge in [0.05, 0.1) is 5.41 Å². The standard InChI is InChI=1S/C7H13NO3/c1-5(2-9)7(6(10)11)3-8-4-7/h5,8-9H,2-4H2,1H3,(H,10,11). The SMILES string of the molecule is CC(CO)C1(C(=O)O)CNC1. The van der Waals surface area contributed by atoms with Gasteiger partial charge in [0.15, 0.2) is 0 Å². The average molecular weight is 159 g/mol. The summed E-state index contributed by atoms with van der Waals surface area (Å²) in [5.41, 5.74) is -0.714. The average Bonchev–Trinajstić information content (AvgIpc) is 1.84. The predicted octanol–water partition coefficient (Wildman–Crippen LogP) is -0.711. The highest BCUT2D eigenvalue weighted by Crippen LogP contribution is 2.31. The smallest absolute Gasteiger partial charge is 0.312 e. The van der Waals surface area contributed by atoms with Crippen LogP contribution >= 0.6 is 0 Å². The molecule has 0 aromatic rings. The molecule has 1 aliphatic heterocycles. The molecule has 1 atom stereocenters. The molecule has 1 saturated heterocycles. The first-order chi connectivity index (χ1) is 5.13. The number of aliphatic hydroxyl groups is 1. The number of hydrogen-bond donors (Lipinski definition) is 3. The molecule has 1 unspecified atom stereocenters. The van der Waals surface area contributed by atoms with Gasteiger partial charge in [-0.1, -0.05) is 6.92 Å². The largest absolute Gasteiger partial charge is 0.481 e. The number of rotatable bonds is 3. The molecule has 1 aliphatic rings. The van der Waals surface area contributed by atoms with Gasteiger partial charge in [-0.25, -0.2) is 0 Å². The minimum atomic E-state index is -0.808. The number of nitrogens with one attached hydrogen (secondary N) is 1. The first kappa shape index (κ1) is 8.49. The van der Waals surface area contributed by atoms with Crippen LogP contribution in [0.15, 0.2) is 0 Å². The Labute approximate surface area is 65.2 Å². The van der Waals surface area contributed by atoms with E-state index in [2.05, 4.69) is 5.32 Å².